The van der Waals surface area contributed by atoms with Crippen molar-refractivity contribution in [2.24, 2.45) is 0 Å². The second-order valence-corrected chi connectivity index (χ2v) is 6.10. The third-order valence-electron chi connectivity index (χ3n) is 4.19. The number of carbonyl (C=O) groups is 2. The summed E-state index contributed by atoms with van der Waals surface area (Å²) in [4.78, 5) is 32.0. The van der Waals surface area contributed by atoms with E-state index in [0.29, 0.717) is 38.4 Å². The lowest BCUT2D eigenvalue weighted by Gasteiger charge is -2.35. The molecule has 0 saturated carbocycles. The van der Waals surface area contributed by atoms with Gasteiger partial charge in [0.05, 0.1) is 24.7 Å². The lowest BCUT2D eigenvalue weighted by molar-refractivity contribution is -0.119. The molecule has 2 aromatic heterocycles. The summed E-state index contributed by atoms with van der Waals surface area (Å²) in [7, 11) is 1.47. The summed E-state index contributed by atoms with van der Waals surface area (Å²) in [6.07, 6.45) is 3.20. The van der Waals surface area contributed by atoms with Gasteiger partial charge in [-0.2, -0.15) is 0 Å². The van der Waals surface area contributed by atoms with Crippen molar-refractivity contribution in [2.75, 3.05) is 50.1 Å². The van der Waals surface area contributed by atoms with Gasteiger partial charge in [0.25, 0.3) is 0 Å². The van der Waals surface area contributed by atoms with Crippen LogP contribution in [0, 0.1) is 0 Å². The predicted molar refractivity (Wildman–Crippen MR) is 99.5 cm³/mol. The number of aromatic nitrogens is 1. The Hall–Kier alpha value is -3.07. The van der Waals surface area contributed by atoms with Crippen molar-refractivity contribution in [1.29, 1.82) is 0 Å². The van der Waals surface area contributed by atoms with Crippen LogP contribution in [0.3, 0.4) is 0 Å². The fraction of sp³-hybridized carbons (Fsp3) is 0.389. The molecule has 1 saturated heterocycles. The molecule has 3 amide bonds. The number of methoxy groups -OCH3 is 1. The summed E-state index contributed by atoms with van der Waals surface area (Å²) in [6.45, 7) is 2.98. The summed E-state index contributed by atoms with van der Waals surface area (Å²) in [5.74, 6) is 1.32. The first-order valence-electron chi connectivity index (χ1n) is 8.70. The fourth-order valence-electron chi connectivity index (χ4n) is 2.80. The van der Waals surface area contributed by atoms with Crippen LogP contribution in [-0.2, 0) is 16.1 Å². The number of rotatable bonds is 6. The van der Waals surface area contributed by atoms with Gasteiger partial charge in [-0.3, -0.25) is 4.79 Å². The molecule has 0 atom stereocenters. The highest BCUT2D eigenvalue weighted by atomic mass is 16.5. The molecule has 1 aliphatic rings. The van der Waals surface area contributed by atoms with E-state index in [1.54, 1.807) is 29.5 Å². The molecule has 3 rings (SSSR count). The van der Waals surface area contributed by atoms with Gasteiger partial charge in [-0.15, -0.1) is 0 Å². The van der Waals surface area contributed by atoms with E-state index in [0.717, 1.165) is 11.6 Å². The molecule has 1 fully saturated rings. The molecule has 0 unspecified atom stereocenters. The minimum absolute atomic E-state index is 0.00565. The zero-order valence-electron chi connectivity index (χ0n) is 15.2. The minimum atomic E-state index is -0.221. The van der Waals surface area contributed by atoms with Crippen molar-refractivity contribution in [3.8, 4) is 0 Å². The first-order chi connectivity index (χ1) is 13.2. The van der Waals surface area contributed by atoms with E-state index in [-0.39, 0.29) is 18.5 Å². The molecule has 9 nitrogen and oxygen atoms in total. The van der Waals surface area contributed by atoms with Crippen LogP contribution in [0.25, 0.3) is 0 Å². The van der Waals surface area contributed by atoms with E-state index in [1.165, 1.54) is 7.11 Å². The summed E-state index contributed by atoms with van der Waals surface area (Å²) in [5, 5.41) is 5.56. The smallest absolute Gasteiger partial charge is 0.317 e. The van der Waals surface area contributed by atoms with Crippen molar-refractivity contribution in [1.82, 2.24) is 15.2 Å². The lowest BCUT2D eigenvalue weighted by atomic mass is 10.3. The van der Waals surface area contributed by atoms with E-state index >= 15 is 0 Å². The Morgan fingerprint density at radius 1 is 1.22 bits per heavy atom. The molecular weight excluding hydrogens is 350 g/mol. The Labute approximate surface area is 157 Å². The van der Waals surface area contributed by atoms with Crippen LogP contribution in [0.1, 0.15) is 5.76 Å². The largest absolute Gasteiger partial charge is 0.467 e. The van der Waals surface area contributed by atoms with Crippen LogP contribution in [0.15, 0.2) is 41.1 Å². The summed E-state index contributed by atoms with van der Waals surface area (Å²) >= 11 is 0. The SMILES string of the molecule is COCC(=O)Nc1ccc(N2CCN(C(=O)NCc3ccco3)CC2)nc1. The molecule has 0 aliphatic carbocycles. The zero-order valence-corrected chi connectivity index (χ0v) is 15.2. The Morgan fingerprint density at radius 3 is 2.67 bits per heavy atom. The Balaban J connectivity index is 1.45. The molecule has 2 aromatic rings. The van der Waals surface area contributed by atoms with E-state index in [2.05, 4.69) is 20.5 Å². The van der Waals surface area contributed by atoms with Gasteiger partial charge < -0.3 is 29.6 Å². The van der Waals surface area contributed by atoms with Gasteiger partial charge in [0.2, 0.25) is 5.91 Å². The first-order valence-corrected chi connectivity index (χ1v) is 8.70. The highest BCUT2D eigenvalue weighted by Crippen LogP contribution is 2.16. The van der Waals surface area contributed by atoms with Crippen LogP contribution >= 0.6 is 0 Å². The number of nitrogens with one attached hydrogen (secondary N) is 2. The van der Waals surface area contributed by atoms with Crippen molar-refractivity contribution >= 4 is 23.4 Å². The number of ether oxygens (including phenoxy) is 1. The van der Waals surface area contributed by atoms with Gasteiger partial charge in [-0.1, -0.05) is 0 Å². The van der Waals surface area contributed by atoms with Crippen molar-refractivity contribution in [2.45, 2.75) is 6.54 Å². The van der Waals surface area contributed by atoms with Gasteiger partial charge >= 0.3 is 6.03 Å². The third-order valence-corrected chi connectivity index (χ3v) is 4.19. The second-order valence-electron chi connectivity index (χ2n) is 6.10. The number of hydrogen-bond acceptors (Lipinski definition) is 6. The second kappa shape index (κ2) is 9.04. The minimum Gasteiger partial charge on any atom is -0.467 e. The molecule has 2 N–H and O–H groups in total. The number of nitrogens with zero attached hydrogens (tertiary/aromatic N) is 3. The zero-order chi connectivity index (χ0) is 19.1. The van der Waals surface area contributed by atoms with Crippen LogP contribution < -0.4 is 15.5 Å². The predicted octanol–water partition coefficient (Wildman–Crippen LogP) is 1.29. The normalized spacial score (nSPS) is 14.1. The standard InChI is InChI=1S/C18H23N5O4/c1-26-13-17(24)21-14-4-5-16(19-11-14)22-6-8-23(9-7-22)18(25)20-12-15-3-2-10-27-15/h2-5,10-11H,6-9,12-13H2,1H3,(H,20,25)(H,21,24). The van der Waals surface area contributed by atoms with Crippen LogP contribution in [0.5, 0.6) is 0 Å². The van der Waals surface area contributed by atoms with Crippen molar-refractivity contribution in [3.05, 3.63) is 42.5 Å². The van der Waals surface area contributed by atoms with Crippen molar-refractivity contribution in [3.63, 3.8) is 0 Å². The van der Waals surface area contributed by atoms with E-state index < -0.39 is 0 Å². The quantitative estimate of drug-likeness (QED) is 0.792. The molecular formula is C18H23N5O4. The van der Waals surface area contributed by atoms with Crippen LogP contribution in [0.4, 0.5) is 16.3 Å². The Morgan fingerprint density at radius 2 is 2.04 bits per heavy atom. The monoisotopic (exact) mass is 373 g/mol. The number of hydrogen-bond donors (Lipinski definition) is 2. The molecule has 1 aliphatic heterocycles. The average Bonchev–Trinajstić information content (AvgIpc) is 3.21. The average molecular weight is 373 g/mol. The van der Waals surface area contributed by atoms with Gasteiger partial charge in [-0.25, -0.2) is 9.78 Å². The Bertz CT molecular complexity index is 740. The number of piperazine rings is 1. The van der Waals surface area contributed by atoms with Gasteiger partial charge in [0, 0.05) is 33.3 Å². The molecule has 144 valence electrons. The van der Waals surface area contributed by atoms with Gasteiger partial charge in [-0.05, 0) is 24.3 Å². The van der Waals surface area contributed by atoms with Crippen LogP contribution in [0.2, 0.25) is 0 Å². The number of amides is 3. The first kappa shape index (κ1) is 18.7. The summed E-state index contributed by atoms with van der Waals surface area (Å²) in [6, 6.07) is 7.18. The molecule has 0 bridgehead atoms. The molecule has 9 heteroatoms. The van der Waals surface area contributed by atoms with Crippen LogP contribution in [-0.4, -0.2) is 61.7 Å². The number of furan rings is 1. The maximum Gasteiger partial charge on any atom is 0.317 e. The Kier molecular flexibility index (Phi) is 6.26. The molecule has 3 heterocycles. The maximum absolute atomic E-state index is 12.2. The highest BCUT2D eigenvalue weighted by Gasteiger charge is 2.21. The number of urea groups is 1. The van der Waals surface area contributed by atoms with Gasteiger partial charge in [0.15, 0.2) is 0 Å². The highest BCUT2D eigenvalue weighted by molar-refractivity contribution is 5.91. The van der Waals surface area contributed by atoms with Gasteiger partial charge in [0.1, 0.15) is 18.2 Å². The topological polar surface area (TPSA) is 99.9 Å². The van der Waals surface area contributed by atoms with E-state index in [4.69, 9.17) is 9.15 Å². The number of carbonyl (C=O) groups excluding carboxylic acids is 2. The van der Waals surface area contributed by atoms with Crippen molar-refractivity contribution < 1.29 is 18.7 Å². The molecule has 27 heavy (non-hydrogen) atoms. The number of anilines is 2. The fourth-order valence-corrected chi connectivity index (χ4v) is 2.80. The van der Waals surface area contributed by atoms with E-state index in [9.17, 15) is 9.59 Å². The summed E-state index contributed by atoms with van der Waals surface area (Å²) in [5.41, 5.74) is 0.622. The molecule has 0 spiro atoms. The van der Waals surface area contributed by atoms with E-state index in [1.807, 2.05) is 12.1 Å². The third kappa shape index (κ3) is 5.20. The molecule has 0 radical (unpaired) electrons. The summed E-state index contributed by atoms with van der Waals surface area (Å²) < 4.78 is 9.99. The molecule has 0 aromatic carbocycles. The number of pyridine rings is 1. The maximum atomic E-state index is 12.2. The lowest BCUT2D eigenvalue weighted by Crippen LogP contribution is -2.51.